The molecular formula is C18H17N5O3. The number of para-hydroxylation sites is 1. The molecule has 2 N–H and O–H groups in total. The summed E-state index contributed by atoms with van der Waals surface area (Å²) in [5, 5.41) is 14.1. The minimum absolute atomic E-state index is 0.267. The molecule has 0 spiro atoms. The second-order valence-electron chi connectivity index (χ2n) is 5.63. The Balaban J connectivity index is 1.34. The molecule has 0 aliphatic carbocycles. The second-order valence-corrected chi connectivity index (χ2v) is 5.63. The van der Waals surface area contributed by atoms with Crippen molar-refractivity contribution in [2.45, 2.75) is 6.54 Å². The van der Waals surface area contributed by atoms with Gasteiger partial charge in [0.2, 0.25) is 0 Å². The van der Waals surface area contributed by atoms with Crippen LogP contribution in [-0.4, -0.2) is 34.2 Å². The molecule has 1 aliphatic heterocycles. The zero-order chi connectivity index (χ0) is 17.8. The summed E-state index contributed by atoms with van der Waals surface area (Å²) in [5.41, 5.74) is 2.14. The van der Waals surface area contributed by atoms with E-state index in [-0.39, 0.29) is 12.6 Å². The van der Waals surface area contributed by atoms with E-state index in [2.05, 4.69) is 20.8 Å². The normalized spacial score (nSPS) is 12.5. The van der Waals surface area contributed by atoms with E-state index in [0.29, 0.717) is 36.1 Å². The minimum atomic E-state index is -0.337. The van der Waals surface area contributed by atoms with E-state index in [1.54, 1.807) is 24.4 Å². The third-order valence-corrected chi connectivity index (χ3v) is 3.76. The summed E-state index contributed by atoms with van der Waals surface area (Å²) in [7, 11) is 0. The lowest BCUT2D eigenvalue weighted by molar-refractivity contribution is 0.171. The highest BCUT2D eigenvalue weighted by Gasteiger charge is 2.13. The van der Waals surface area contributed by atoms with Gasteiger partial charge in [0.15, 0.2) is 11.5 Å². The third-order valence-electron chi connectivity index (χ3n) is 3.76. The lowest BCUT2D eigenvalue weighted by atomic mass is 10.2. The number of anilines is 1. The van der Waals surface area contributed by atoms with Gasteiger partial charge in [-0.25, -0.2) is 4.79 Å². The number of urea groups is 1. The molecule has 8 heteroatoms. The molecule has 26 heavy (non-hydrogen) atoms. The molecule has 4 rings (SSSR count). The van der Waals surface area contributed by atoms with Crippen LogP contribution in [0, 0.1) is 0 Å². The zero-order valence-electron chi connectivity index (χ0n) is 13.9. The molecule has 2 aromatic carbocycles. The average molecular weight is 351 g/mol. The van der Waals surface area contributed by atoms with Crippen LogP contribution in [0.1, 0.15) is 5.69 Å². The van der Waals surface area contributed by atoms with Crippen molar-refractivity contribution in [2.75, 3.05) is 18.5 Å². The predicted octanol–water partition coefficient (Wildman–Crippen LogP) is 2.36. The molecule has 132 valence electrons. The molecule has 0 saturated carbocycles. The van der Waals surface area contributed by atoms with Crippen molar-refractivity contribution in [3.8, 4) is 17.2 Å². The van der Waals surface area contributed by atoms with Crippen molar-refractivity contribution in [2.24, 2.45) is 0 Å². The Bertz CT molecular complexity index is 910. The molecule has 0 unspecified atom stereocenters. The smallest absolute Gasteiger partial charge is 0.319 e. The van der Waals surface area contributed by atoms with Crippen LogP contribution in [0.25, 0.3) is 5.69 Å². The quantitative estimate of drug-likeness (QED) is 0.753. The van der Waals surface area contributed by atoms with Crippen molar-refractivity contribution < 1.29 is 14.3 Å². The number of amides is 2. The van der Waals surface area contributed by atoms with E-state index in [9.17, 15) is 4.79 Å². The van der Waals surface area contributed by atoms with Crippen molar-refractivity contribution >= 4 is 11.7 Å². The molecule has 0 fully saturated rings. The highest BCUT2D eigenvalue weighted by atomic mass is 16.6. The van der Waals surface area contributed by atoms with E-state index in [0.717, 1.165) is 5.69 Å². The molecule has 8 nitrogen and oxygen atoms in total. The number of aromatic nitrogens is 3. The van der Waals surface area contributed by atoms with E-state index < -0.39 is 0 Å². The van der Waals surface area contributed by atoms with Crippen LogP contribution in [0.15, 0.2) is 54.7 Å². The molecule has 0 saturated heterocycles. The number of nitrogens with zero attached hydrogens (tertiary/aromatic N) is 3. The van der Waals surface area contributed by atoms with Crippen molar-refractivity contribution in [3.63, 3.8) is 0 Å². The monoisotopic (exact) mass is 351 g/mol. The second kappa shape index (κ2) is 7.14. The van der Waals surface area contributed by atoms with Crippen molar-refractivity contribution in [1.82, 2.24) is 20.3 Å². The highest BCUT2D eigenvalue weighted by molar-refractivity contribution is 5.89. The maximum atomic E-state index is 12.1. The molecule has 3 aromatic rings. The van der Waals surface area contributed by atoms with Gasteiger partial charge in [0.25, 0.3) is 0 Å². The number of ether oxygens (including phenoxy) is 2. The fourth-order valence-corrected chi connectivity index (χ4v) is 2.53. The van der Waals surface area contributed by atoms with Crippen LogP contribution in [0.3, 0.4) is 0 Å². The lowest BCUT2D eigenvalue weighted by Crippen LogP contribution is -2.28. The first kappa shape index (κ1) is 15.9. The van der Waals surface area contributed by atoms with E-state index in [4.69, 9.17) is 9.47 Å². The molecule has 1 aromatic heterocycles. The Hall–Kier alpha value is -3.55. The first-order valence-corrected chi connectivity index (χ1v) is 8.19. The fraction of sp³-hybridized carbons (Fsp3) is 0.167. The van der Waals surface area contributed by atoms with Gasteiger partial charge in [0, 0.05) is 11.8 Å². The Morgan fingerprint density at radius 2 is 1.88 bits per heavy atom. The van der Waals surface area contributed by atoms with Gasteiger partial charge in [0.05, 0.1) is 18.4 Å². The van der Waals surface area contributed by atoms with Gasteiger partial charge in [-0.05, 0) is 24.3 Å². The van der Waals surface area contributed by atoms with E-state index in [1.807, 2.05) is 30.3 Å². The van der Waals surface area contributed by atoms with Crippen LogP contribution in [0.5, 0.6) is 11.5 Å². The number of fused-ring (bicyclic) bond motifs is 1. The van der Waals surface area contributed by atoms with E-state index in [1.165, 1.54) is 4.80 Å². The fourth-order valence-electron chi connectivity index (χ4n) is 2.53. The average Bonchev–Trinajstić information content (AvgIpc) is 3.16. The van der Waals surface area contributed by atoms with Gasteiger partial charge in [-0.1, -0.05) is 18.2 Å². The Labute approximate surface area is 149 Å². The van der Waals surface area contributed by atoms with Gasteiger partial charge >= 0.3 is 6.03 Å². The summed E-state index contributed by atoms with van der Waals surface area (Å²) in [6.45, 7) is 1.30. The van der Waals surface area contributed by atoms with E-state index >= 15 is 0 Å². The van der Waals surface area contributed by atoms with Gasteiger partial charge < -0.3 is 20.1 Å². The first-order valence-electron chi connectivity index (χ1n) is 8.19. The van der Waals surface area contributed by atoms with Gasteiger partial charge in [-0.15, -0.1) is 0 Å². The van der Waals surface area contributed by atoms with Gasteiger partial charge in [-0.3, -0.25) is 0 Å². The molecule has 2 amide bonds. The number of benzene rings is 2. The van der Waals surface area contributed by atoms with Gasteiger partial charge in [-0.2, -0.15) is 15.0 Å². The lowest BCUT2D eigenvalue weighted by Gasteiger charge is -2.19. The molecule has 1 aliphatic rings. The Kier molecular flexibility index (Phi) is 4.38. The molecule has 0 bridgehead atoms. The third kappa shape index (κ3) is 3.59. The summed E-state index contributed by atoms with van der Waals surface area (Å²) >= 11 is 0. The minimum Gasteiger partial charge on any atom is -0.486 e. The summed E-state index contributed by atoms with van der Waals surface area (Å²) in [5.74, 6) is 1.31. The summed E-state index contributed by atoms with van der Waals surface area (Å²) < 4.78 is 11.0. The number of hydrogen-bond acceptors (Lipinski definition) is 5. The Morgan fingerprint density at radius 1 is 1.08 bits per heavy atom. The molecular weight excluding hydrogens is 334 g/mol. The van der Waals surface area contributed by atoms with Crippen LogP contribution in [0.2, 0.25) is 0 Å². The predicted molar refractivity (Wildman–Crippen MR) is 94.6 cm³/mol. The van der Waals surface area contributed by atoms with Crippen molar-refractivity contribution in [3.05, 3.63) is 60.4 Å². The van der Waals surface area contributed by atoms with Crippen LogP contribution in [-0.2, 0) is 6.54 Å². The maximum Gasteiger partial charge on any atom is 0.319 e. The standard InChI is InChI=1S/C18H17N5O3/c24-18(21-13-6-7-16-17(10-13)26-9-8-25-16)19-11-14-12-20-23(22-14)15-4-2-1-3-5-15/h1-7,10,12H,8-9,11H2,(H2,19,21,24). The zero-order valence-corrected chi connectivity index (χ0v) is 13.9. The summed E-state index contributed by atoms with van der Waals surface area (Å²) in [6, 6.07) is 14.5. The Morgan fingerprint density at radius 3 is 2.73 bits per heavy atom. The molecule has 0 atom stereocenters. The van der Waals surface area contributed by atoms with Crippen molar-refractivity contribution in [1.29, 1.82) is 0 Å². The largest absolute Gasteiger partial charge is 0.486 e. The highest BCUT2D eigenvalue weighted by Crippen LogP contribution is 2.32. The van der Waals surface area contributed by atoms with Gasteiger partial charge in [0.1, 0.15) is 18.9 Å². The maximum absolute atomic E-state index is 12.1. The number of rotatable bonds is 4. The topological polar surface area (TPSA) is 90.3 Å². The number of carbonyl (C=O) groups excluding carboxylic acids is 1. The number of carbonyl (C=O) groups is 1. The van der Waals surface area contributed by atoms with Crippen LogP contribution >= 0.6 is 0 Å². The number of nitrogens with one attached hydrogen (secondary N) is 2. The first-order chi connectivity index (χ1) is 12.8. The summed E-state index contributed by atoms with van der Waals surface area (Å²) in [4.78, 5) is 13.6. The van der Waals surface area contributed by atoms with Crippen LogP contribution < -0.4 is 20.1 Å². The SMILES string of the molecule is O=C(NCc1cnn(-c2ccccc2)n1)Nc1ccc2c(c1)OCCO2. The molecule has 0 radical (unpaired) electrons. The van der Waals surface area contributed by atoms with Crippen LogP contribution in [0.4, 0.5) is 10.5 Å². The summed E-state index contributed by atoms with van der Waals surface area (Å²) in [6.07, 6.45) is 1.62. The molecule has 2 heterocycles. The number of hydrogen-bond donors (Lipinski definition) is 2.